The van der Waals surface area contributed by atoms with Gasteiger partial charge in [-0.15, -0.1) is 0 Å². The standard InChI is InChI=1S/C24H34N6OS/c1-28-9-2-3-15-12-29(13-18(15)28)16-4-5-17-19(11-16)32-27-21(17)22(31)26-20-14-30-10-8-23(30)6-7-24(20,23)25/h11,15,18,20H,2-10,12-14,25H2,1H3,(H,26,31)/t15?,18?,20-,23?,24?/m1/s1. The van der Waals surface area contributed by atoms with Gasteiger partial charge in [-0.25, -0.2) is 0 Å². The van der Waals surface area contributed by atoms with Gasteiger partial charge in [0.15, 0.2) is 0 Å². The normalized spacial score (nSPS) is 40.5. The lowest BCUT2D eigenvalue weighted by atomic mass is 9.55. The van der Waals surface area contributed by atoms with E-state index in [1.807, 2.05) is 0 Å². The van der Waals surface area contributed by atoms with Gasteiger partial charge in [0.1, 0.15) is 5.69 Å². The van der Waals surface area contributed by atoms with Crippen LogP contribution < -0.4 is 11.1 Å². The van der Waals surface area contributed by atoms with Crippen molar-refractivity contribution in [3.05, 3.63) is 21.8 Å². The molecule has 0 bridgehead atoms. The van der Waals surface area contributed by atoms with E-state index in [-0.39, 0.29) is 23.0 Å². The summed E-state index contributed by atoms with van der Waals surface area (Å²) < 4.78 is 4.63. The highest BCUT2D eigenvalue weighted by molar-refractivity contribution is 7.07. The van der Waals surface area contributed by atoms with Gasteiger partial charge in [-0.1, -0.05) is 0 Å². The first-order valence-corrected chi connectivity index (χ1v) is 13.2. The minimum absolute atomic E-state index is 0.0208. The summed E-state index contributed by atoms with van der Waals surface area (Å²) >= 11 is 1.49. The van der Waals surface area contributed by atoms with E-state index in [2.05, 4.69) is 37.5 Å². The number of likely N-dealkylation sites (N-methyl/N-ethyl adjacent to an activating group) is 1. The van der Waals surface area contributed by atoms with Gasteiger partial charge in [0.05, 0.1) is 16.5 Å². The molecule has 0 radical (unpaired) electrons. The van der Waals surface area contributed by atoms with E-state index in [1.54, 1.807) is 0 Å². The van der Waals surface area contributed by atoms with Crippen LogP contribution >= 0.6 is 11.5 Å². The molecule has 1 aromatic rings. The second-order valence-electron chi connectivity index (χ2n) is 11.2. The third-order valence-corrected chi connectivity index (χ3v) is 10.8. The molecule has 5 fully saturated rings. The second-order valence-corrected chi connectivity index (χ2v) is 12.0. The zero-order valence-corrected chi connectivity index (χ0v) is 19.8. The Bertz CT molecular complexity index is 1000. The molecule has 5 heterocycles. The highest BCUT2D eigenvalue weighted by atomic mass is 32.1. The third kappa shape index (κ3) is 2.52. The van der Waals surface area contributed by atoms with Crippen LogP contribution in [0.25, 0.3) is 6.08 Å². The van der Waals surface area contributed by atoms with Crippen LogP contribution in [0.4, 0.5) is 0 Å². The van der Waals surface area contributed by atoms with Crippen molar-refractivity contribution in [3.8, 4) is 0 Å². The fourth-order valence-electron chi connectivity index (χ4n) is 7.82. The number of carbonyl (C=O) groups excluding carboxylic acids is 1. The van der Waals surface area contributed by atoms with E-state index in [1.165, 1.54) is 60.9 Å². The Morgan fingerprint density at radius 2 is 2.12 bits per heavy atom. The van der Waals surface area contributed by atoms with E-state index in [9.17, 15) is 4.79 Å². The van der Waals surface area contributed by atoms with E-state index >= 15 is 0 Å². The van der Waals surface area contributed by atoms with Crippen LogP contribution in [0.5, 0.6) is 0 Å². The average molecular weight is 455 g/mol. The molecule has 4 saturated heterocycles. The monoisotopic (exact) mass is 454 g/mol. The van der Waals surface area contributed by atoms with Crippen molar-refractivity contribution in [2.45, 2.75) is 68.1 Å². The molecule has 6 aliphatic rings. The summed E-state index contributed by atoms with van der Waals surface area (Å²) in [6.07, 6.45) is 10.3. The van der Waals surface area contributed by atoms with Gasteiger partial charge in [-0.2, -0.15) is 4.37 Å². The SMILES string of the molecule is CN1CCCC2CN(C3=Cc4snc(C(=O)N[C@@H]5CN6CCC67CCC57N)c4CC3)CC21. The molecule has 1 saturated carbocycles. The molecule has 7 nitrogen and oxygen atoms in total. The number of aromatic nitrogens is 1. The highest BCUT2D eigenvalue weighted by Crippen LogP contribution is 2.58. The maximum absolute atomic E-state index is 13.3. The first-order valence-electron chi connectivity index (χ1n) is 12.5. The summed E-state index contributed by atoms with van der Waals surface area (Å²) in [5.41, 5.74) is 9.97. The number of piperidine rings is 1. The molecule has 32 heavy (non-hydrogen) atoms. The number of hydrogen-bond acceptors (Lipinski definition) is 7. The first-order chi connectivity index (χ1) is 15.5. The van der Waals surface area contributed by atoms with Crippen molar-refractivity contribution in [3.63, 3.8) is 0 Å². The summed E-state index contributed by atoms with van der Waals surface area (Å²) in [4.78, 5) is 22.1. The zero-order valence-electron chi connectivity index (χ0n) is 19.0. The number of carbonyl (C=O) groups is 1. The van der Waals surface area contributed by atoms with Crippen LogP contribution in [0.3, 0.4) is 0 Å². The van der Waals surface area contributed by atoms with E-state index in [4.69, 9.17) is 5.73 Å². The Hall–Kier alpha value is -1.48. The number of likely N-dealkylation sites (tertiary alicyclic amines) is 2. The molecule has 8 heteroatoms. The number of amides is 1. The van der Waals surface area contributed by atoms with Crippen molar-refractivity contribution in [2.75, 3.05) is 39.8 Å². The smallest absolute Gasteiger partial charge is 0.271 e. The van der Waals surface area contributed by atoms with Gasteiger partial charge >= 0.3 is 0 Å². The Balaban J connectivity index is 1.08. The number of allylic oxidation sites excluding steroid dienone is 1. The lowest BCUT2D eigenvalue weighted by Crippen LogP contribution is -2.79. The second kappa shape index (κ2) is 6.78. The Morgan fingerprint density at radius 1 is 1.22 bits per heavy atom. The topological polar surface area (TPSA) is 77.7 Å². The molecular weight excluding hydrogens is 420 g/mol. The van der Waals surface area contributed by atoms with Gasteiger partial charge in [-0.3, -0.25) is 9.69 Å². The predicted molar refractivity (Wildman–Crippen MR) is 125 cm³/mol. The van der Waals surface area contributed by atoms with Crippen molar-refractivity contribution in [1.29, 1.82) is 0 Å². The maximum atomic E-state index is 13.3. The Labute approximate surface area is 194 Å². The molecule has 1 amide bonds. The van der Waals surface area contributed by atoms with Crippen molar-refractivity contribution < 1.29 is 4.79 Å². The van der Waals surface area contributed by atoms with Crippen LogP contribution in [-0.2, 0) is 6.42 Å². The number of fused-ring (bicyclic) bond motifs is 2. The van der Waals surface area contributed by atoms with Crippen molar-refractivity contribution >= 4 is 23.5 Å². The van der Waals surface area contributed by atoms with E-state index in [0.29, 0.717) is 11.7 Å². The van der Waals surface area contributed by atoms with Crippen LogP contribution in [0.15, 0.2) is 5.70 Å². The quantitative estimate of drug-likeness (QED) is 0.721. The molecule has 1 spiro atoms. The summed E-state index contributed by atoms with van der Waals surface area (Å²) in [6.45, 7) is 5.58. The van der Waals surface area contributed by atoms with Gasteiger partial charge < -0.3 is 20.9 Å². The highest BCUT2D eigenvalue weighted by Gasteiger charge is 2.71. The van der Waals surface area contributed by atoms with Crippen LogP contribution in [0, 0.1) is 5.92 Å². The lowest BCUT2D eigenvalue weighted by Gasteiger charge is -2.63. The summed E-state index contributed by atoms with van der Waals surface area (Å²) in [5, 5.41) is 3.31. The average Bonchev–Trinajstić information content (AvgIpc) is 3.41. The molecule has 172 valence electrons. The first kappa shape index (κ1) is 19.9. The zero-order chi connectivity index (χ0) is 21.7. The molecule has 4 aliphatic heterocycles. The van der Waals surface area contributed by atoms with Gasteiger partial charge in [0, 0.05) is 49.0 Å². The Morgan fingerprint density at radius 3 is 2.84 bits per heavy atom. The minimum Gasteiger partial charge on any atom is -0.373 e. The molecule has 3 N–H and O–H groups in total. The molecule has 4 unspecified atom stereocenters. The number of nitrogens with two attached hydrogens (primary N) is 1. The van der Waals surface area contributed by atoms with Crippen LogP contribution in [-0.4, -0.2) is 87.9 Å². The van der Waals surface area contributed by atoms with Gasteiger partial charge in [0.2, 0.25) is 0 Å². The van der Waals surface area contributed by atoms with Crippen LogP contribution in [0.1, 0.15) is 59.5 Å². The van der Waals surface area contributed by atoms with Crippen molar-refractivity contribution in [2.24, 2.45) is 11.7 Å². The minimum atomic E-state index is -0.246. The molecule has 7 rings (SSSR count). The summed E-state index contributed by atoms with van der Waals surface area (Å²) in [5.74, 6) is 0.780. The fraction of sp³-hybridized carbons (Fsp3) is 0.750. The van der Waals surface area contributed by atoms with Crippen LogP contribution in [0.2, 0.25) is 0 Å². The third-order valence-electron chi connectivity index (χ3n) is 9.98. The molecule has 5 atom stereocenters. The molecular formula is C24H34N6OS. The predicted octanol–water partition coefficient (Wildman–Crippen LogP) is 1.50. The summed E-state index contributed by atoms with van der Waals surface area (Å²) in [6, 6.07) is 0.743. The fourth-order valence-corrected chi connectivity index (χ4v) is 8.70. The maximum Gasteiger partial charge on any atom is 0.271 e. The lowest BCUT2D eigenvalue weighted by molar-refractivity contribution is -0.0836. The molecule has 0 aromatic carbocycles. The molecule has 2 aliphatic carbocycles. The van der Waals surface area contributed by atoms with Gasteiger partial charge in [0.25, 0.3) is 5.91 Å². The number of hydrogen-bond donors (Lipinski definition) is 2. The largest absolute Gasteiger partial charge is 0.373 e. The Kier molecular flexibility index (Phi) is 4.22. The molecule has 1 aromatic heterocycles. The number of nitrogens with one attached hydrogen (secondary N) is 1. The van der Waals surface area contributed by atoms with E-state index < -0.39 is 0 Å². The number of rotatable bonds is 3. The van der Waals surface area contributed by atoms with Gasteiger partial charge in [-0.05, 0) is 82.1 Å². The summed E-state index contributed by atoms with van der Waals surface area (Å²) in [7, 11) is 2.28. The number of nitrogens with zero attached hydrogens (tertiary/aromatic N) is 4. The van der Waals surface area contributed by atoms with E-state index in [0.717, 1.165) is 50.4 Å². The van der Waals surface area contributed by atoms with Crippen molar-refractivity contribution in [1.82, 2.24) is 24.4 Å².